The van der Waals surface area contributed by atoms with Gasteiger partial charge in [-0.2, -0.15) is 5.10 Å². The monoisotopic (exact) mass is 398 g/mol. The lowest BCUT2D eigenvalue weighted by atomic mass is 10.1. The predicted molar refractivity (Wildman–Crippen MR) is 114 cm³/mol. The smallest absolute Gasteiger partial charge is 0.320 e. The highest BCUT2D eigenvalue weighted by atomic mass is 16.2. The first-order valence-electron chi connectivity index (χ1n) is 9.41. The SMILES string of the molecule is Cc1cc(-c2n[nH]c3cc(NC(=O)NCc4nc5ccccc5[nH]4)ncc23)ccn1. The first-order valence-corrected chi connectivity index (χ1v) is 9.41. The number of imidazole rings is 1. The highest BCUT2D eigenvalue weighted by Gasteiger charge is 2.11. The number of pyridine rings is 2. The zero-order valence-corrected chi connectivity index (χ0v) is 16.1. The number of H-pyrrole nitrogens is 2. The third-order valence-electron chi connectivity index (χ3n) is 4.71. The molecule has 4 N–H and O–H groups in total. The number of nitrogens with one attached hydrogen (secondary N) is 4. The number of para-hydroxylation sites is 2. The van der Waals surface area contributed by atoms with E-state index in [0.717, 1.165) is 38.9 Å². The number of amides is 2. The van der Waals surface area contributed by atoms with E-state index in [1.165, 1.54) is 0 Å². The lowest BCUT2D eigenvalue weighted by molar-refractivity contribution is 0.251. The molecular weight excluding hydrogens is 380 g/mol. The molecule has 0 aliphatic rings. The number of aromatic nitrogens is 6. The van der Waals surface area contributed by atoms with Crippen molar-refractivity contribution >= 4 is 33.8 Å². The van der Waals surface area contributed by atoms with Crippen molar-refractivity contribution in [1.29, 1.82) is 0 Å². The van der Waals surface area contributed by atoms with Crippen molar-refractivity contribution in [2.45, 2.75) is 13.5 Å². The van der Waals surface area contributed by atoms with Crippen molar-refractivity contribution in [3.8, 4) is 11.3 Å². The Morgan fingerprint density at radius 2 is 2.00 bits per heavy atom. The summed E-state index contributed by atoms with van der Waals surface area (Å²) in [4.78, 5) is 28.4. The Bertz CT molecular complexity index is 1340. The van der Waals surface area contributed by atoms with E-state index in [4.69, 9.17) is 0 Å². The zero-order valence-electron chi connectivity index (χ0n) is 16.1. The van der Waals surface area contributed by atoms with E-state index in [9.17, 15) is 4.79 Å². The van der Waals surface area contributed by atoms with Crippen molar-refractivity contribution in [1.82, 2.24) is 35.5 Å². The molecule has 0 saturated heterocycles. The lowest BCUT2D eigenvalue weighted by Gasteiger charge is -2.06. The van der Waals surface area contributed by atoms with Gasteiger partial charge >= 0.3 is 6.03 Å². The topological polar surface area (TPSA) is 124 Å². The molecular formula is C21H18N8O. The molecule has 0 radical (unpaired) electrons. The summed E-state index contributed by atoms with van der Waals surface area (Å²) in [6.07, 6.45) is 3.44. The van der Waals surface area contributed by atoms with Crippen LogP contribution in [-0.4, -0.2) is 36.2 Å². The number of rotatable bonds is 4. The highest BCUT2D eigenvalue weighted by molar-refractivity contribution is 5.95. The number of nitrogens with zero attached hydrogens (tertiary/aromatic N) is 4. The van der Waals surface area contributed by atoms with Gasteiger partial charge < -0.3 is 10.3 Å². The van der Waals surface area contributed by atoms with Crippen LogP contribution in [0.15, 0.2) is 54.9 Å². The van der Waals surface area contributed by atoms with Crippen LogP contribution < -0.4 is 10.6 Å². The standard InChI is InChI=1S/C21H18N8O/c1-12-8-13(6-7-22-12)20-14-10-23-18(9-17(14)28-29-20)27-21(30)24-11-19-25-15-4-2-3-5-16(15)26-19/h2-10H,11H2,1H3,(H,25,26)(H,28,29)(H2,23,24,27,30). The first-order chi connectivity index (χ1) is 14.7. The van der Waals surface area contributed by atoms with Gasteiger partial charge in [-0.25, -0.2) is 14.8 Å². The van der Waals surface area contributed by atoms with E-state index in [0.29, 0.717) is 11.6 Å². The number of anilines is 1. The van der Waals surface area contributed by atoms with Crippen LogP contribution in [0.3, 0.4) is 0 Å². The number of hydrogen-bond donors (Lipinski definition) is 4. The Hall–Kier alpha value is -4.27. The second kappa shape index (κ2) is 7.28. The summed E-state index contributed by atoms with van der Waals surface area (Å²) in [5.41, 5.74) is 5.24. The lowest BCUT2D eigenvalue weighted by Crippen LogP contribution is -2.28. The number of fused-ring (bicyclic) bond motifs is 2. The minimum atomic E-state index is -0.369. The van der Waals surface area contributed by atoms with Crippen molar-refractivity contribution < 1.29 is 4.79 Å². The van der Waals surface area contributed by atoms with E-state index in [-0.39, 0.29) is 12.6 Å². The van der Waals surface area contributed by atoms with Crippen LogP contribution >= 0.6 is 0 Å². The summed E-state index contributed by atoms with van der Waals surface area (Å²) in [6, 6.07) is 13.0. The fourth-order valence-corrected chi connectivity index (χ4v) is 3.31. The van der Waals surface area contributed by atoms with E-state index in [1.807, 2.05) is 43.3 Å². The van der Waals surface area contributed by atoms with Gasteiger partial charge in [0.05, 0.1) is 23.1 Å². The third kappa shape index (κ3) is 3.44. The van der Waals surface area contributed by atoms with Gasteiger partial charge in [0.2, 0.25) is 0 Å². The van der Waals surface area contributed by atoms with Gasteiger partial charge in [-0.3, -0.25) is 15.4 Å². The van der Waals surface area contributed by atoms with Gasteiger partial charge in [-0.05, 0) is 31.2 Å². The van der Waals surface area contributed by atoms with Crippen LogP contribution in [0.2, 0.25) is 0 Å². The van der Waals surface area contributed by atoms with Crippen LogP contribution in [0.5, 0.6) is 0 Å². The minimum absolute atomic E-state index is 0.276. The van der Waals surface area contributed by atoms with Gasteiger partial charge in [0.25, 0.3) is 0 Å². The Labute approximate surface area is 171 Å². The molecule has 0 bridgehead atoms. The summed E-state index contributed by atoms with van der Waals surface area (Å²) in [7, 11) is 0. The van der Waals surface area contributed by atoms with E-state index < -0.39 is 0 Å². The number of aromatic amines is 2. The van der Waals surface area contributed by atoms with Crippen LogP contribution in [0.4, 0.5) is 10.6 Å². The summed E-state index contributed by atoms with van der Waals surface area (Å²) in [5, 5.41) is 13.8. The summed E-state index contributed by atoms with van der Waals surface area (Å²) in [5.74, 6) is 1.10. The van der Waals surface area contributed by atoms with Crippen LogP contribution in [-0.2, 0) is 6.54 Å². The summed E-state index contributed by atoms with van der Waals surface area (Å²) >= 11 is 0. The van der Waals surface area contributed by atoms with Crippen molar-refractivity contribution in [2.24, 2.45) is 0 Å². The van der Waals surface area contributed by atoms with Crippen LogP contribution in [0.25, 0.3) is 33.2 Å². The number of benzene rings is 1. The first kappa shape index (κ1) is 17.8. The number of carbonyl (C=O) groups is 1. The Morgan fingerprint density at radius 1 is 1.10 bits per heavy atom. The van der Waals surface area contributed by atoms with Crippen LogP contribution in [0, 0.1) is 6.92 Å². The molecule has 1 aromatic carbocycles. The number of aryl methyl sites for hydroxylation is 1. The largest absolute Gasteiger partial charge is 0.340 e. The Balaban J connectivity index is 1.28. The third-order valence-corrected chi connectivity index (χ3v) is 4.71. The average Bonchev–Trinajstić information content (AvgIpc) is 3.35. The molecule has 30 heavy (non-hydrogen) atoms. The predicted octanol–water partition coefficient (Wildman–Crippen LogP) is 3.53. The molecule has 5 aromatic rings. The normalized spacial score (nSPS) is 11.1. The highest BCUT2D eigenvalue weighted by Crippen LogP contribution is 2.26. The van der Waals surface area contributed by atoms with Crippen LogP contribution in [0.1, 0.15) is 11.5 Å². The molecule has 0 fully saturated rings. The minimum Gasteiger partial charge on any atom is -0.340 e. The van der Waals surface area contributed by atoms with Crippen molar-refractivity contribution in [3.63, 3.8) is 0 Å². The summed E-state index contributed by atoms with van der Waals surface area (Å²) in [6.45, 7) is 2.21. The van der Waals surface area contributed by atoms with E-state index in [2.05, 4.69) is 40.8 Å². The molecule has 9 heteroatoms. The summed E-state index contributed by atoms with van der Waals surface area (Å²) < 4.78 is 0. The van der Waals surface area contributed by atoms with Gasteiger partial charge in [-0.15, -0.1) is 0 Å². The van der Waals surface area contributed by atoms with E-state index in [1.54, 1.807) is 18.5 Å². The van der Waals surface area contributed by atoms with Gasteiger partial charge in [0, 0.05) is 35.1 Å². The van der Waals surface area contributed by atoms with Gasteiger partial charge in [0.15, 0.2) is 0 Å². The molecule has 0 aliphatic heterocycles. The molecule has 0 atom stereocenters. The number of urea groups is 1. The van der Waals surface area contributed by atoms with Gasteiger partial charge in [0.1, 0.15) is 17.3 Å². The fourth-order valence-electron chi connectivity index (χ4n) is 3.31. The zero-order chi connectivity index (χ0) is 20.5. The molecule has 0 aliphatic carbocycles. The maximum atomic E-state index is 12.3. The molecule has 0 unspecified atom stereocenters. The number of carbonyl (C=O) groups excluding carboxylic acids is 1. The Morgan fingerprint density at radius 3 is 2.87 bits per heavy atom. The molecule has 9 nitrogen and oxygen atoms in total. The molecule has 148 valence electrons. The average molecular weight is 398 g/mol. The quantitative estimate of drug-likeness (QED) is 0.369. The molecule has 0 spiro atoms. The fraction of sp³-hybridized carbons (Fsp3) is 0.0952. The van der Waals surface area contributed by atoms with Crippen molar-refractivity contribution in [3.05, 3.63) is 66.4 Å². The van der Waals surface area contributed by atoms with Gasteiger partial charge in [-0.1, -0.05) is 12.1 Å². The molecule has 4 aromatic heterocycles. The number of hydrogen-bond acceptors (Lipinski definition) is 5. The molecule has 4 heterocycles. The van der Waals surface area contributed by atoms with Crippen molar-refractivity contribution in [2.75, 3.05) is 5.32 Å². The second-order valence-electron chi connectivity index (χ2n) is 6.88. The van der Waals surface area contributed by atoms with E-state index >= 15 is 0 Å². The molecule has 0 saturated carbocycles. The molecule has 5 rings (SSSR count). The second-order valence-corrected chi connectivity index (χ2v) is 6.88. The molecule has 2 amide bonds. The Kier molecular flexibility index (Phi) is 4.32. The maximum Gasteiger partial charge on any atom is 0.320 e. The maximum absolute atomic E-state index is 12.3.